The number of nitrogens with one attached hydrogen (secondary N) is 1. The first-order valence-electron chi connectivity index (χ1n) is 7.28. The highest BCUT2D eigenvalue weighted by Crippen LogP contribution is 2.23. The van der Waals surface area contributed by atoms with Crippen molar-refractivity contribution in [1.82, 2.24) is 9.55 Å². The predicted molar refractivity (Wildman–Crippen MR) is 96.0 cm³/mol. The summed E-state index contributed by atoms with van der Waals surface area (Å²) in [6, 6.07) is 18.2. The number of anilines is 1. The van der Waals surface area contributed by atoms with Crippen molar-refractivity contribution < 1.29 is 9.59 Å². The molecule has 5 nitrogen and oxygen atoms in total. The normalized spacial score (nSPS) is 10.4. The highest BCUT2D eigenvalue weighted by atomic mass is 79.9. The lowest BCUT2D eigenvalue weighted by Crippen LogP contribution is -2.06. The molecule has 0 saturated heterocycles. The van der Waals surface area contributed by atoms with Gasteiger partial charge in [-0.3, -0.25) is 9.59 Å². The fourth-order valence-corrected chi connectivity index (χ4v) is 2.98. The highest BCUT2D eigenvalue weighted by molar-refractivity contribution is 9.10. The van der Waals surface area contributed by atoms with Crippen LogP contribution in [0.5, 0.6) is 0 Å². The minimum absolute atomic E-state index is 0.243. The summed E-state index contributed by atoms with van der Waals surface area (Å²) in [6.45, 7) is 0.470. The minimum atomic E-state index is 0.243. The lowest BCUT2D eigenvalue weighted by atomic mass is 10.0. The monoisotopic (exact) mass is 383 g/mol. The van der Waals surface area contributed by atoms with E-state index in [2.05, 4.69) is 38.4 Å². The second-order valence-electron chi connectivity index (χ2n) is 5.14. The number of hydrogen-bond acceptors (Lipinski definition) is 3. The number of amides is 1. The molecule has 0 saturated carbocycles. The standard InChI is InChI=1S/C18H14BrN3O2/c19-18-21-17(20-12-24)16(11-23)22(18)10-13-6-8-15(9-7-13)14-4-2-1-3-5-14/h1-9,11-12H,10H2,(H,20,24). The van der Waals surface area contributed by atoms with Crippen molar-refractivity contribution in [1.29, 1.82) is 0 Å². The lowest BCUT2D eigenvalue weighted by Gasteiger charge is -2.08. The van der Waals surface area contributed by atoms with E-state index in [-0.39, 0.29) is 5.82 Å². The molecular weight excluding hydrogens is 370 g/mol. The molecule has 1 N–H and O–H groups in total. The van der Waals surface area contributed by atoms with Crippen molar-refractivity contribution in [2.75, 3.05) is 5.32 Å². The zero-order valence-corrected chi connectivity index (χ0v) is 14.2. The molecule has 1 aromatic heterocycles. The number of imidazole rings is 1. The molecule has 24 heavy (non-hydrogen) atoms. The van der Waals surface area contributed by atoms with E-state index in [1.165, 1.54) is 0 Å². The van der Waals surface area contributed by atoms with Gasteiger partial charge in [0.1, 0.15) is 5.69 Å². The van der Waals surface area contributed by atoms with Crippen LogP contribution in [0.3, 0.4) is 0 Å². The largest absolute Gasteiger partial charge is 0.311 e. The molecule has 0 fully saturated rings. The fourth-order valence-electron chi connectivity index (χ4n) is 2.48. The molecule has 0 spiro atoms. The minimum Gasteiger partial charge on any atom is -0.311 e. The Labute approximate surface area is 147 Å². The van der Waals surface area contributed by atoms with Gasteiger partial charge in [0.15, 0.2) is 16.8 Å². The van der Waals surface area contributed by atoms with E-state index in [0.717, 1.165) is 16.7 Å². The van der Waals surface area contributed by atoms with Gasteiger partial charge in [-0.05, 0) is 32.6 Å². The van der Waals surface area contributed by atoms with Crippen LogP contribution in [0.15, 0.2) is 59.3 Å². The van der Waals surface area contributed by atoms with Crippen molar-refractivity contribution in [3.63, 3.8) is 0 Å². The average molecular weight is 384 g/mol. The van der Waals surface area contributed by atoms with E-state index in [1.807, 2.05) is 42.5 Å². The van der Waals surface area contributed by atoms with Gasteiger partial charge in [0.2, 0.25) is 6.41 Å². The maximum atomic E-state index is 11.3. The second kappa shape index (κ2) is 7.23. The molecule has 3 rings (SSSR count). The Morgan fingerprint density at radius 2 is 1.67 bits per heavy atom. The Morgan fingerprint density at radius 1 is 1.00 bits per heavy atom. The van der Waals surface area contributed by atoms with E-state index in [0.29, 0.717) is 29.7 Å². The van der Waals surface area contributed by atoms with Gasteiger partial charge in [0.05, 0.1) is 6.54 Å². The summed E-state index contributed by atoms with van der Waals surface area (Å²) in [5.74, 6) is 0.243. The van der Waals surface area contributed by atoms with Gasteiger partial charge in [-0.15, -0.1) is 0 Å². The topological polar surface area (TPSA) is 64.0 Å². The molecule has 0 radical (unpaired) electrons. The quantitative estimate of drug-likeness (QED) is 0.659. The van der Waals surface area contributed by atoms with Gasteiger partial charge < -0.3 is 9.88 Å². The van der Waals surface area contributed by atoms with E-state index < -0.39 is 0 Å². The molecule has 0 aliphatic carbocycles. The molecule has 0 atom stereocenters. The van der Waals surface area contributed by atoms with Crippen molar-refractivity contribution >= 4 is 34.4 Å². The van der Waals surface area contributed by atoms with Gasteiger partial charge in [0, 0.05) is 0 Å². The van der Waals surface area contributed by atoms with Crippen molar-refractivity contribution in [3.8, 4) is 11.1 Å². The van der Waals surface area contributed by atoms with Gasteiger partial charge in [-0.25, -0.2) is 4.98 Å². The summed E-state index contributed by atoms with van der Waals surface area (Å²) < 4.78 is 2.19. The van der Waals surface area contributed by atoms with Gasteiger partial charge in [-0.1, -0.05) is 54.6 Å². The summed E-state index contributed by atoms with van der Waals surface area (Å²) >= 11 is 3.32. The van der Waals surface area contributed by atoms with E-state index in [1.54, 1.807) is 4.57 Å². The number of rotatable bonds is 6. The molecule has 120 valence electrons. The summed E-state index contributed by atoms with van der Waals surface area (Å²) in [5.41, 5.74) is 3.62. The van der Waals surface area contributed by atoms with Gasteiger partial charge >= 0.3 is 0 Å². The number of aromatic nitrogens is 2. The summed E-state index contributed by atoms with van der Waals surface area (Å²) in [4.78, 5) is 26.1. The molecule has 3 aromatic rings. The highest BCUT2D eigenvalue weighted by Gasteiger charge is 2.15. The average Bonchev–Trinajstić information content (AvgIpc) is 2.91. The first-order valence-corrected chi connectivity index (χ1v) is 8.08. The Kier molecular flexibility index (Phi) is 4.86. The molecule has 6 heteroatoms. The number of benzene rings is 2. The third-order valence-corrected chi connectivity index (χ3v) is 4.27. The van der Waals surface area contributed by atoms with Crippen molar-refractivity contribution in [3.05, 3.63) is 70.6 Å². The number of aldehydes is 1. The number of nitrogens with zero attached hydrogens (tertiary/aromatic N) is 2. The van der Waals surface area contributed by atoms with Crippen LogP contribution in [0.1, 0.15) is 16.1 Å². The Bertz CT molecular complexity index is 858. The smallest absolute Gasteiger partial charge is 0.212 e. The van der Waals surface area contributed by atoms with Crippen LogP contribution in [0.25, 0.3) is 11.1 Å². The van der Waals surface area contributed by atoms with Crippen LogP contribution in [0, 0.1) is 0 Å². The van der Waals surface area contributed by atoms with Crippen LogP contribution in [0.2, 0.25) is 0 Å². The van der Waals surface area contributed by atoms with Crippen LogP contribution in [0.4, 0.5) is 5.82 Å². The molecular formula is C18H14BrN3O2. The molecule has 2 aromatic carbocycles. The van der Waals surface area contributed by atoms with Gasteiger partial charge in [-0.2, -0.15) is 0 Å². The molecule has 1 amide bonds. The number of hydrogen-bond donors (Lipinski definition) is 1. The summed E-state index contributed by atoms with van der Waals surface area (Å²) in [6.07, 6.45) is 1.18. The zero-order chi connectivity index (χ0) is 16.9. The third kappa shape index (κ3) is 3.28. The van der Waals surface area contributed by atoms with E-state index in [4.69, 9.17) is 0 Å². The second-order valence-corrected chi connectivity index (χ2v) is 5.85. The SMILES string of the molecule is O=CNc1nc(Br)n(Cc2ccc(-c3ccccc3)cc2)c1C=O. The zero-order valence-electron chi connectivity index (χ0n) is 12.6. The number of carbonyl (C=O) groups is 2. The molecule has 0 bridgehead atoms. The molecule has 0 unspecified atom stereocenters. The maximum Gasteiger partial charge on any atom is 0.212 e. The Morgan fingerprint density at radius 3 is 2.29 bits per heavy atom. The molecule has 0 aliphatic heterocycles. The lowest BCUT2D eigenvalue weighted by molar-refractivity contribution is -0.105. The first kappa shape index (κ1) is 16.1. The number of carbonyl (C=O) groups excluding carboxylic acids is 2. The fraction of sp³-hybridized carbons (Fsp3) is 0.0556. The first-order chi connectivity index (χ1) is 11.7. The predicted octanol–water partition coefficient (Wildman–Crippen LogP) is 3.74. The van der Waals surface area contributed by atoms with Crippen LogP contribution in [-0.2, 0) is 11.3 Å². The van der Waals surface area contributed by atoms with Crippen LogP contribution < -0.4 is 5.32 Å². The van der Waals surface area contributed by atoms with E-state index >= 15 is 0 Å². The van der Waals surface area contributed by atoms with Crippen molar-refractivity contribution in [2.24, 2.45) is 0 Å². The van der Waals surface area contributed by atoms with Crippen LogP contribution >= 0.6 is 15.9 Å². The Balaban J connectivity index is 1.87. The van der Waals surface area contributed by atoms with Crippen LogP contribution in [-0.4, -0.2) is 22.2 Å². The maximum absolute atomic E-state index is 11.3. The molecule has 1 heterocycles. The molecule has 0 aliphatic rings. The van der Waals surface area contributed by atoms with Gasteiger partial charge in [0.25, 0.3) is 0 Å². The Hall–Kier alpha value is -2.73. The summed E-state index contributed by atoms with van der Waals surface area (Å²) in [5, 5.41) is 2.43. The van der Waals surface area contributed by atoms with E-state index in [9.17, 15) is 9.59 Å². The summed E-state index contributed by atoms with van der Waals surface area (Å²) in [7, 11) is 0. The third-order valence-electron chi connectivity index (χ3n) is 3.67. The van der Waals surface area contributed by atoms with Crippen molar-refractivity contribution in [2.45, 2.75) is 6.54 Å². The number of halogens is 1.